The first kappa shape index (κ1) is 14.0. The summed E-state index contributed by atoms with van der Waals surface area (Å²) in [4.78, 5) is 7.03. The van der Waals surface area contributed by atoms with Gasteiger partial charge < -0.3 is 19.5 Å². The Morgan fingerprint density at radius 2 is 2.30 bits per heavy atom. The number of methoxy groups -OCH3 is 1. The Kier molecular flexibility index (Phi) is 4.70. The van der Waals surface area contributed by atoms with Crippen LogP contribution in [0.15, 0.2) is 12.5 Å². The van der Waals surface area contributed by atoms with Crippen LogP contribution in [0, 0.1) is 0 Å². The molecule has 2 atom stereocenters. The zero-order valence-electron chi connectivity index (χ0n) is 12.4. The highest BCUT2D eigenvalue weighted by atomic mass is 16.5. The predicted molar refractivity (Wildman–Crippen MR) is 78.7 cm³/mol. The number of aromatic nitrogens is 2. The molecule has 2 aliphatic rings. The molecule has 3 rings (SSSR count). The molecule has 5 heteroatoms. The van der Waals surface area contributed by atoms with E-state index in [0.717, 1.165) is 25.7 Å². The van der Waals surface area contributed by atoms with E-state index in [0.29, 0.717) is 6.04 Å². The number of hydrogen-bond donors (Lipinski definition) is 1. The van der Waals surface area contributed by atoms with Crippen molar-refractivity contribution in [3.63, 3.8) is 0 Å². The molecule has 0 aliphatic carbocycles. The first-order valence-electron chi connectivity index (χ1n) is 7.83. The highest BCUT2D eigenvalue weighted by Gasteiger charge is 2.32. The summed E-state index contributed by atoms with van der Waals surface area (Å²) in [6.07, 6.45) is 9.34. The zero-order valence-corrected chi connectivity index (χ0v) is 12.4. The summed E-state index contributed by atoms with van der Waals surface area (Å²) in [5.74, 6) is 0. The van der Waals surface area contributed by atoms with Crippen LogP contribution < -0.4 is 5.32 Å². The first-order chi connectivity index (χ1) is 9.88. The summed E-state index contributed by atoms with van der Waals surface area (Å²) in [5, 5.41) is 3.42. The second-order valence-electron chi connectivity index (χ2n) is 5.97. The maximum atomic E-state index is 5.06. The largest absolute Gasteiger partial charge is 0.383 e. The van der Waals surface area contributed by atoms with Crippen LogP contribution in [0.4, 0.5) is 0 Å². The van der Waals surface area contributed by atoms with Crippen molar-refractivity contribution in [2.75, 3.05) is 33.4 Å². The Morgan fingerprint density at radius 3 is 3.20 bits per heavy atom. The summed E-state index contributed by atoms with van der Waals surface area (Å²) in [6, 6.07) is 1.45. The van der Waals surface area contributed by atoms with Gasteiger partial charge in [0.2, 0.25) is 0 Å². The van der Waals surface area contributed by atoms with Crippen LogP contribution in [0.2, 0.25) is 0 Å². The van der Waals surface area contributed by atoms with E-state index in [4.69, 9.17) is 4.74 Å². The summed E-state index contributed by atoms with van der Waals surface area (Å²) < 4.78 is 7.46. The lowest BCUT2D eigenvalue weighted by atomic mass is 9.97. The number of nitrogens with one attached hydrogen (secondary N) is 1. The molecule has 2 saturated heterocycles. The van der Waals surface area contributed by atoms with Gasteiger partial charge in [-0.3, -0.25) is 0 Å². The molecule has 3 heterocycles. The third-order valence-electron chi connectivity index (χ3n) is 4.72. The number of rotatable bonds is 6. The van der Waals surface area contributed by atoms with Crippen molar-refractivity contribution in [1.29, 1.82) is 0 Å². The topological polar surface area (TPSA) is 42.3 Å². The van der Waals surface area contributed by atoms with E-state index in [1.54, 1.807) is 7.11 Å². The van der Waals surface area contributed by atoms with E-state index in [-0.39, 0.29) is 0 Å². The fraction of sp³-hybridized carbons (Fsp3) is 0.800. The van der Waals surface area contributed by atoms with Gasteiger partial charge in [0.25, 0.3) is 0 Å². The molecule has 0 bridgehead atoms. The van der Waals surface area contributed by atoms with Crippen LogP contribution in [-0.2, 0) is 11.3 Å². The van der Waals surface area contributed by atoms with Crippen LogP contribution in [0.5, 0.6) is 0 Å². The number of piperidine rings is 1. The van der Waals surface area contributed by atoms with E-state index in [9.17, 15) is 0 Å². The fourth-order valence-electron chi connectivity index (χ4n) is 3.64. The number of ether oxygens (including phenoxy) is 1. The monoisotopic (exact) mass is 278 g/mol. The third kappa shape index (κ3) is 3.05. The molecule has 2 fully saturated rings. The van der Waals surface area contributed by atoms with Crippen molar-refractivity contribution in [2.24, 2.45) is 0 Å². The molecule has 1 aromatic rings. The van der Waals surface area contributed by atoms with Crippen LogP contribution in [0.1, 0.15) is 37.4 Å². The number of fused-ring (bicyclic) bond motifs is 1. The second kappa shape index (κ2) is 6.70. The lowest BCUT2D eigenvalue weighted by Gasteiger charge is -2.36. The van der Waals surface area contributed by atoms with E-state index in [1.807, 2.05) is 12.5 Å². The highest BCUT2D eigenvalue weighted by molar-refractivity contribution is 5.02. The number of hydrogen-bond acceptors (Lipinski definition) is 4. The Hall–Kier alpha value is -0.910. The third-order valence-corrected chi connectivity index (χ3v) is 4.72. The molecule has 112 valence electrons. The molecule has 2 aliphatic heterocycles. The smallest absolute Gasteiger partial charge is 0.0951 e. The lowest BCUT2D eigenvalue weighted by Crippen LogP contribution is -2.39. The van der Waals surface area contributed by atoms with Crippen molar-refractivity contribution in [3.05, 3.63) is 18.2 Å². The lowest BCUT2D eigenvalue weighted by molar-refractivity contribution is 0.153. The Bertz CT molecular complexity index is 420. The summed E-state index contributed by atoms with van der Waals surface area (Å²) in [7, 11) is 1.74. The summed E-state index contributed by atoms with van der Waals surface area (Å²) >= 11 is 0. The maximum Gasteiger partial charge on any atom is 0.0951 e. The van der Waals surface area contributed by atoms with E-state index < -0.39 is 0 Å². The number of imidazole rings is 1. The highest BCUT2D eigenvalue weighted by Crippen LogP contribution is 2.33. The van der Waals surface area contributed by atoms with Gasteiger partial charge >= 0.3 is 0 Å². The van der Waals surface area contributed by atoms with Gasteiger partial charge in [-0.15, -0.1) is 0 Å². The molecule has 0 amide bonds. The van der Waals surface area contributed by atoms with Gasteiger partial charge in [0, 0.05) is 45.0 Å². The molecule has 0 saturated carbocycles. The van der Waals surface area contributed by atoms with Gasteiger partial charge in [-0.2, -0.15) is 0 Å². The van der Waals surface area contributed by atoms with Gasteiger partial charge in [-0.05, 0) is 32.2 Å². The van der Waals surface area contributed by atoms with Gasteiger partial charge in [0.05, 0.1) is 18.6 Å². The second-order valence-corrected chi connectivity index (χ2v) is 5.97. The summed E-state index contributed by atoms with van der Waals surface area (Å²) in [5.41, 5.74) is 1.30. The van der Waals surface area contributed by atoms with Crippen LogP contribution in [-0.4, -0.2) is 53.8 Å². The molecule has 1 aromatic heterocycles. The van der Waals surface area contributed by atoms with E-state index in [2.05, 4.69) is 19.8 Å². The molecule has 0 aromatic carbocycles. The molecule has 5 nitrogen and oxygen atoms in total. The molecule has 0 spiro atoms. The number of nitrogens with zero attached hydrogens (tertiary/aromatic N) is 3. The molecule has 1 N–H and O–H groups in total. The fourth-order valence-corrected chi connectivity index (χ4v) is 3.64. The minimum absolute atomic E-state index is 0.635. The minimum Gasteiger partial charge on any atom is -0.383 e. The van der Waals surface area contributed by atoms with Crippen molar-refractivity contribution < 1.29 is 4.74 Å². The van der Waals surface area contributed by atoms with Gasteiger partial charge in [-0.25, -0.2) is 4.98 Å². The average Bonchev–Trinajstić information content (AvgIpc) is 3.11. The van der Waals surface area contributed by atoms with Crippen molar-refractivity contribution in [2.45, 2.75) is 44.3 Å². The Labute approximate surface area is 121 Å². The quantitative estimate of drug-likeness (QED) is 0.799. The van der Waals surface area contributed by atoms with Crippen LogP contribution >= 0.6 is 0 Å². The van der Waals surface area contributed by atoms with Gasteiger partial charge in [0.1, 0.15) is 0 Å². The van der Waals surface area contributed by atoms with Crippen molar-refractivity contribution in [1.82, 2.24) is 19.8 Å². The molecular formula is C15H26N4O. The SMILES string of the molecule is COCCNCc1cncn1C1CCN2CCCC2C1. The van der Waals surface area contributed by atoms with Crippen LogP contribution in [0.25, 0.3) is 0 Å². The molecular weight excluding hydrogens is 252 g/mol. The van der Waals surface area contributed by atoms with Crippen LogP contribution in [0.3, 0.4) is 0 Å². The minimum atomic E-state index is 0.635. The zero-order chi connectivity index (χ0) is 13.8. The molecule has 2 unspecified atom stereocenters. The maximum absolute atomic E-state index is 5.06. The molecule has 0 radical (unpaired) electrons. The van der Waals surface area contributed by atoms with Gasteiger partial charge in [0.15, 0.2) is 0 Å². The van der Waals surface area contributed by atoms with Gasteiger partial charge in [-0.1, -0.05) is 0 Å². The van der Waals surface area contributed by atoms with Crippen molar-refractivity contribution >= 4 is 0 Å². The average molecular weight is 278 g/mol. The standard InChI is InChI=1S/C15H26N4O/c1-20-8-5-16-10-15-11-17-12-19(15)14-4-7-18-6-2-3-13(18)9-14/h11-14,16H,2-10H2,1H3. The Morgan fingerprint density at radius 1 is 1.35 bits per heavy atom. The van der Waals surface area contributed by atoms with Crippen molar-refractivity contribution in [3.8, 4) is 0 Å². The predicted octanol–water partition coefficient (Wildman–Crippen LogP) is 1.42. The molecule has 20 heavy (non-hydrogen) atoms. The normalized spacial score (nSPS) is 26.9. The first-order valence-corrected chi connectivity index (χ1v) is 7.83. The van der Waals surface area contributed by atoms with E-state index >= 15 is 0 Å². The van der Waals surface area contributed by atoms with E-state index in [1.165, 1.54) is 44.5 Å². The summed E-state index contributed by atoms with van der Waals surface area (Å²) in [6.45, 7) is 5.10. The Balaban J connectivity index is 1.58.